The number of carboxylic acids is 1. The number of hydrogen-bond donors (Lipinski definition) is 2. The molecule has 6 heteroatoms. The van der Waals surface area contributed by atoms with Gasteiger partial charge in [0.1, 0.15) is 12.3 Å². The summed E-state index contributed by atoms with van der Waals surface area (Å²) >= 11 is 0. The number of aryl methyl sites for hydroxylation is 1. The second kappa shape index (κ2) is 10.1. The van der Waals surface area contributed by atoms with Crippen molar-refractivity contribution >= 4 is 18.0 Å². The van der Waals surface area contributed by atoms with Gasteiger partial charge in [0.05, 0.1) is 7.11 Å². The highest BCUT2D eigenvalue weighted by Gasteiger charge is 2.14. The van der Waals surface area contributed by atoms with Crippen molar-refractivity contribution < 1.29 is 24.2 Å². The van der Waals surface area contributed by atoms with E-state index in [-0.39, 0.29) is 5.70 Å². The van der Waals surface area contributed by atoms with Gasteiger partial charge in [0, 0.05) is 5.56 Å². The molecule has 0 radical (unpaired) electrons. The second-order valence-corrected chi connectivity index (χ2v) is 6.87. The lowest BCUT2D eigenvalue weighted by atomic mass is 10.1. The topological polar surface area (TPSA) is 84.9 Å². The number of carbonyl (C=O) groups is 2. The fraction of sp³-hybridized carbons (Fsp3) is 0.120. The van der Waals surface area contributed by atoms with Gasteiger partial charge in [-0.25, -0.2) is 4.79 Å². The normalized spacial score (nSPS) is 11.0. The molecule has 0 aliphatic heterocycles. The first kappa shape index (κ1) is 21.6. The first-order valence-corrected chi connectivity index (χ1v) is 9.64. The number of hydrogen-bond acceptors (Lipinski definition) is 4. The minimum Gasteiger partial charge on any atom is -0.493 e. The van der Waals surface area contributed by atoms with E-state index in [1.165, 1.54) is 13.2 Å². The average molecular weight is 417 g/mol. The summed E-state index contributed by atoms with van der Waals surface area (Å²) < 4.78 is 11.2. The molecule has 0 saturated heterocycles. The lowest BCUT2D eigenvalue weighted by molar-refractivity contribution is -0.132. The van der Waals surface area contributed by atoms with Crippen molar-refractivity contribution in [1.82, 2.24) is 5.32 Å². The quantitative estimate of drug-likeness (QED) is 0.530. The molecule has 0 aliphatic carbocycles. The lowest BCUT2D eigenvalue weighted by Crippen LogP contribution is -2.27. The van der Waals surface area contributed by atoms with Crippen LogP contribution in [0.25, 0.3) is 6.08 Å². The van der Waals surface area contributed by atoms with Gasteiger partial charge in [-0.1, -0.05) is 54.1 Å². The monoisotopic (exact) mass is 417 g/mol. The van der Waals surface area contributed by atoms with E-state index < -0.39 is 11.9 Å². The van der Waals surface area contributed by atoms with Crippen LogP contribution in [0.5, 0.6) is 11.5 Å². The number of amides is 1. The molecule has 0 unspecified atom stereocenters. The van der Waals surface area contributed by atoms with Crippen LogP contribution in [0.15, 0.2) is 78.5 Å². The van der Waals surface area contributed by atoms with Gasteiger partial charge in [0.25, 0.3) is 5.91 Å². The Morgan fingerprint density at radius 1 is 0.968 bits per heavy atom. The van der Waals surface area contributed by atoms with E-state index >= 15 is 0 Å². The maximum atomic E-state index is 12.3. The Bertz CT molecular complexity index is 1090. The molecule has 0 aliphatic rings. The minimum atomic E-state index is -1.25. The van der Waals surface area contributed by atoms with E-state index in [9.17, 15) is 14.7 Å². The van der Waals surface area contributed by atoms with Gasteiger partial charge in [0.15, 0.2) is 11.5 Å². The van der Waals surface area contributed by atoms with Crippen LogP contribution < -0.4 is 14.8 Å². The maximum absolute atomic E-state index is 12.3. The third-order valence-electron chi connectivity index (χ3n) is 4.53. The molecule has 3 rings (SSSR count). The zero-order valence-electron chi connectivity index (χ0n) is 17.3. The molecular weight excluding hydrogens is 394 g/mol. The summed E-state index contributed by atoms with van der Waals surface area (Å²) in [5, 5.41) is 12.0. The largest absolute Gasteiger partial charge is 0.493 e. The van der Waals surface area contributed by atoms with E-state index in [1.54, 1.807) is 48.5 Å². The number of benzene rings is 3. The van der Waals surface area contributed by atoms with E-state index in [0.717, 1.165) is 11.1 Å². The highest BCUT2D eigenvalue weighted by atomic mass is 16.5. The molecule has 1 amide bonds. The Morgan fingerprint density at radius 2 is 1.68 bits per heavy atom. The lowest BCUT2D eigenvalue weighted by Gasteiger charge is -2.12. The molecule has 2 N–H and O–H groups in total. The van der Waals surface area contributed by atoms with Crippen LogP contribution in [-0.2, 0) is 11.4 Å². The number of carboxylic acid groups (broad SMARTS) is 1. The zero-order valence-corrected chi connectivity index (χ0v) is 17.3. The molecule has 0 bridgehead atoms. The fourth-order valence-electron chi connectivity index (χ4n) is 2.84. The molecule has 0 aromatic heterocycles. The van der Waals surface area contributed by atoms with E-state index in [0.29, 0.717) is 29.2 Å². The maximum Gasteiger partial charge on any atom is 0.352 e. The van der Waals surface area contributed by atoms with Crippen molar-refractivity contribution in [2.45, 2.75) is 13.5 Å². The van der Waals surface area contributed by atoms with E-state index in [1.807, 2.05) is 31.2 Å². The second-order valence-electron chi connectivity index (χ2n) is 6.87. The molecule has 0 atom stereocenters. The van der Waals surface area contributed by atoms with Gasteiger partial charge in [-0.15, -0.1) is 0 Å². The SMILES string of the molecule is COc1ccc(C=C(NC(=O)c2ccccc2)C(=O)O)cc1OCc1ccc(C)cc1. The van der Waals surface area contributed by atoms with Crippen molar-refractivity contribution in [3.05, 3.63) is 101 Å². The third-order valence-corrected chi connectivity index (χ3v) is 4.53. The Hall–Kier alpha value is -4.06. The van der Waals surface area contributed by atoms with E-state index in [2.05, 4.69) is 5.32 Å². The summed E-state index contributed by atoms with van der Waals surface area (Å²) in [7, 11) is 1.53. The molecule has 0 saturated carbocycles. The van der Waals surface area contributed by atoms with Crippen LogP contribution in [-0.4, -0.2) is 24.1 Å². The molecule has 3 aromatic carbocycles. The molecule has 158 valence electrons. The molecule has 0 fully saturated rings. The van der Waals surface area contributed by atoms with Crippen molar-refractivity contribution in [3.8, 4) is 11.5 Å². The zero-order chi connectivity index (χ0) is 22.2. The smallest absolute Gasteiger partial charge is 0.352 e. The molecule has 0 spiro atoms. The number of methoxy groups -OCH3 is 1. The molecule has 31 heavy (non-hydrogen) atoms. The predicted octanol–water partition coefficient (Wildman–Crippen LogP) is 4.44. The molecular formula is C25H23NO5. The number of rotatable bonds is 8. The summed E-state index contributed by atoms with van der Waals surface area (Å²) in [4.78, 5) is 24.0. The number of nitrogens with one attached hydrogen (secondary N) is 1. The Morgan fingerprint density at radius 3 is 2.32 bits per heavy atom. The van der Waals surface area contributed by atoms with Crippen LogP contribution in [0, 0.1) is 6.92 Å². The van der Waals surface area contributed by atoms with Crippen molar-refractivity contribution in [1.29, 1.82) is 0 Å². The number of carbonyl (C=O) groups excluding carboxylic acids is 1. The van der Waals surface area contributed by atoms with Crippen LogP contribution in [0.1, 0.15) is 27.0 Å². The summed E-state index contributed by atoms with van der Waals surface area (Å²) in [6.07, 6.45) is 1.38. The van der Waals surface area contributed by atoms with Gasteiger partial charge in [-0.3, -0.25) is 4.79 Å². The number of ether oxygens (including phenoxy) is 2. The van der Waals surface area contributed by atoms with Crippen molar-refractivity contribution in [2.24, 2.45) is 0 Å². The van der Waals surface area contributed by atoms with Crippen molar-refractivity contribution in [3.63, 3.8) is 0 Å². The Balaban J connectivity index is 1.81. The van der Waals surface area contributed by atoms with Gasteiger partial charge in [-0.05, 0) is 48.4 Å². The van der Waals surface area contributed by atoms with Crippen LogP contribution >= 0.6 is 0 Å². The summed E-state index contributed by atoms with van der Waals surface area (Å²) in [6.45, 7) is 2.35. The van der Waals surface area contributed by atoms with Gasteiger partial charge >= 0.3 is 5.97 Å². The summed E-state index contributed by atoms with van der Waals surface area (Å²) in [5.74, 6) is -0.758. The standard InChI is InChI=1S/C25H23NO5/c1-17-8-10-18(11-9-17)16-31-23-15-19(12-13-22(23)30-2)14-21(25(28)29)26-24(27)20-6-4-3-5-7-20/h3-15H,16H2,1-2H3,(H,26,27)(H,28,29). The predicted molar refractivity (Wildman–Crippen MR) is 118 cm³/mol. The van der Waals surface area contributed by atoms with Crippen LogP contribution in [0.2, 0.25) is 0 Å². The molecule has 6 nitrogen and oxygen atoms in total. The average Bonchev–Trinajstić information content (AvgIpc) is 2.78. The van der Waals surface area contributed by atoms with Gasteiger partial charge in [0.2, 0.25) is 0 Å². The Labute approximate surface area is 180 Å². The van der Waals surface area contributed by atoms with Gasteiger partial charge < -0.3 is 19.9 Å². The van der Waals surface area contributed by atoms with Gasteiger partial charge in [-0.2, -0.15) is 0 Å². The highest BCUT2D eigenvalue weighted by molar-refractivity contribution is 6.02. The minimum absolute atomic E-state index is 0.247. The van der Waals surface area contributed by atoms with E-state index in [4.69, 9.17) is 9.47 Å². The van der Waals surface area contributed by atoms with Crippen molar-refractivity contribution in [2.75, 3.05) is 7.11 Å². The highest BCUT2D eigenvalue weighted by Crippen LogP contribution is 2.29. The Kier molecular flexibility index (Phi) is 7.06. The summed E-state index contributed by atoms with van der Waals surface area (Å²) in [6, 6.07) is 21.4. The van der Waals surface area contributed by atoms with Crippen LogP contribution in [0.3, 0.4) is 0 Å². The first-order chi connectivity index (χ1) is 15.0. The number of aliphatic carboxylic acids is 1. The fourth-order valence-corrected chi connectivity index (χ4v) is 2.84. The first-order valence-electron chi connectivity index (χ1n) is 9.64. The summed E-state index contributed by atoms with van der Waals surface area (Å²) in [5.41, 5.74) is 2.82. The molecule has 3 aromatic rings. The molecule has 0 heterocycles. The third kappa shape index (κ3) is 5.96. The van der Waals surface area contributed by atoms with Crippen LogP contribution in [0.4, 0.5) is 0 Å².